The molecule has 3 N–H and O–H groups in total. The summed E-state index contributed by atoms with van der Waals surface area (Å²) in [7, 11) is 3.67. The number of thiazole rings is 1. The molecule has 2 aromatic heterocycles. The Morgan fingerprint density at radius 1 is 1.48 bits per heavy atom. The molecule has 0 aliphatic carbocycles. The average molecular weight is 311 g/mol. The molecule has 3 rings (SSSR count). The Labute approximate surface area is 124 Å². The quantitative estimate of drug-likeness (QED) is 0.832. The number of rotatable bonds is 3. The molecule has 114 valence electrons. The fraction of sp³-hybridized carbons (Fsp3) is 0.583. The van der Waals surface area contributed by atoms with Gasteiger partial charge >= 0.3 is 4.87 Å². The molecule has 0 spiro atoms. The predicted molar refractivity (Wildman–Crippen MR) is 80.6 cm³/mol. The van der Waals surface area contributed by atoms with Gasteiger partial charge in [0.1, 0.15) is 10.9 Å². The van der Waals surface area contributed by atoms with Gasteiger partial charge in [-0.05, 0) is 12.8 Å². The van der Waals surface area contributed by atoms with E-state index in [-0.39, 0.29) is 23.5 Å². The smallest absolute Gasteiger partial charge is 0.311 e. The van der Waals surface area contributed by atoms with Crippen molar-refractivity contribution in [2.45, 2.75) is 25.2 Å². The molecule has 1 saturated heterocycles. The van der Waals surface area contributed by atoms with Crippen LogP contribution in [0.15, 0.2) is 4.79 Å². The third-order valence-electron chi connectivity index (χ3n) is 3.46. The van der Waals surface area contributed by atoms with E-state index in [4.69, 9.17) is 15.6 Å². The molecule has 1 fully saturated rings. The monoisotopic (exact) mass is 311 g/mol. The van der Waals surface area contributed by atoms with E-state index < -0.39 is 6.23 Å². The Morgan fingerprint density at radius 3 is 2.86 bits per heavy atom. The van der Waals surface area contributed by atoms with Gasteiger partial charge in [0.25, 0.3) is 0 Å². The summed E-state index contributed by atoms with van der Waals surface area (Å²) in [5.41, 5.74) is 6.24. The highest BCUT2D eigenvalue weighted by Crippen LogP contribution is 2.33. The Morgan fingerprint density at radius 2 is 2.24 bits per heavy atom. The van der Waals surface area contributed by atoms with Gasteiger partial charge in [-0.2, -0.15) is 9.97 Å². The first-order chi connectivity index (χ1) is 10.0. The van der Waals surface area contributed by atoms with E-state index in [1.54, 1.807) is 4.90 Å². The second-order valence-corrected chi connectivity index (χ2v) is 6.12. The number of anilines is 2. The minimum atomic E-state index is -0.410. The van der Waals surface area contributed by atoms with Crippen LogP contribution in [0.1, 0.15) is 19.1 Å². The number of ether oxygens (including phenoxy) is 1. The molecule has 3 heterocycles. The van der Waals surface area contributed by atoms with Crippen LogP contribution < -0.4 is 15.5 Å². The predicted octanol–water partition coefficient (Wildman–Crippen LogP) is 0.171. The number of hydrogen-bond acceptors (Lipinski definition) is 8. The first kappa shape index (κ1) is 14.2. The van der Waals surface area contributed by atoms with Gasteiger partial charge in [-0.25, -0.2) is 0 Å². The number of aliphatic hydroxyl groups is 1. The van der Waals surface area contributed by atoms with Crippen molar-refractivity contribution in [3.05, 3.63) is 9.67 Å². The van der Waals surface area contributed by atoms with Crippen molar-refractivity contribution in [2.75, 3.05) is 31.3 Å². The number of fused-ring (bicyclic) bond motifs is 1. The Hall–Kier alpha value is -1.71. The van der Waals surface area contributed by atoms with E-state index >= 15 is 0 Å². The number of hydrogen-bond donors (Lipinski definition) is 2. The molecule has 21 heavy (non-hydrogen) atoms. The second-order valence-electron chi connectivity index (χ2n) is 5.16. The molecule has 0 amide bonds. The van der Waals surface area contributed by atoms with Gasteiger partial charge in [0, 0.05) is 14.1 Å². The first-order valence-corrected chi connectivity index (χ1v) is 7.45. The molecule has 0 unspecified atom stereocenters. The van der Waals surface area contributed by atoms with Gasteiger partial charge in [-0.15, -0.1) is 0 Å². The summed E-state index contributed by atoms with van der Waals surface area (Å²) in [4.78, 5) is 22.3. The van der Waals surface area contributed by atoms with E-state index in [9.17, 15) is 4.79 Å². The summed E-state index contributed by atoms with van der Waals surface area (Å²) in [5, 5.41) is 9.16. The Kier molecular flexibility index (Phi) is 3.56. The van der Waals surface area contributed by atoms with Gasteiger partial charge in [-0.1, -0.05) is 11.3 Å². The number of aliphatic hydroxyl groups excluding tert-OH is 1. The fourth-order valence-electron chi connectivity index (χ4n) is 2.49. The van der Waals surface area contributed by atoms with Crippen LogP contribution in [0.4, 0.5) is 11.8 Å². The highest BCUT2D eigenvalue weighted by Gasteiger charge is 2.30. The molecule has 8 nitrogen and oxygen atoms in total. The van der Waals surface area contributed by atoms with Crippen molar-refractivity contribution in [3.8, 4) is 0 Å². The molecule has 0 bridgehead atoms. The van der Waals surface area contributed by atoms with Crippen LogP contribution in [0.25, 0.3) is 10.3 Å². The topological polar surface area (TPSA) is 107 Å². The molecule has 0 saturated carbocycles. The number of aromatic nitrogens is 3. The van der Waals surface area contributed by atoms with Crippen molar-refractivity contribution in [1.29, 1.82) is 0 Å². The zero-order chi connectivity index (χ0) is 15.1. The summed E-state index contributed by atoms with van der Waals surface area (Å²) in [6.45, 7) is -0.0482. The van der Waals surface area contributed by atoms with Crippen molar-refractivity contribution < 1.29 is 9.84 Å². The molecule has 2 atom stereocenters. The van der Waals surface area contributed by atoms with Gasteiger partial charge in [-0.3, -0.25) is 9.36 Å². The molecular formula is C12H17N5O3S. The molecule has 0 aromatic carbocycles. The molecular weight excluding hydrogens is 294 g/mol. The van der Waals surface area contributed by atoms with Crippen molar-refractivity contribution >= 4 is 33.5 Å². The Bertz CT molecular complexity index is 725. The summed E-state index contributed by atoms with van der Waals surface area (Å²) in [5.74, 6) is 0.740. The molecule has 1 aliphatic rings. The minimum absolute atomic E-state index is 0.0482. The number of nitrogens with two attached hydrogens (primary N) is 1. The highest BCUT2D eigenvalue weighted by atomic mass is 32.1. The number of nitrogen functional groups attached to an aromatic ring is 1. The minimum Gasteiger partial charge on any atom is -0.394 e. The fourth-order valence-corrected chi connectivity index (χ4v) is 3.52. The SMILES string of the molecule is CN(C)c1nc(N)nc2c1sc(=O)n2[C@H]1CC[C@@H](CO)O1. The van der Waals surface area contributed by atoms with Crippen molar-refractivity contribution in [3.63, 3.8) is 0 Å². The molecule has 2 aromatic rings. The largest absolute Gasteiger partial charge is 0.394 e. The summed E-state index contributed by atoms with van der Waals surface area (Å²) in [6.07, 6.45) is 0.738. The lowest BCUT2D eigenvalue weighted by Crippen LogP contribution is -2.22. The molecule has 1 aliphatic heterocycles. The lowest BCUT2D eigenvalue weighted by Gasteiger charge is -2.15. The summed E-state index contributed by atoms with van der Waals surface area (Å²) < 4.78 is 7.89. The van der Waals surface area contributed by atoms with Crippen LogP contribution >= 0.6 is 11.3 Å². The van der Waals surface area contributed by atoms with Crippen LogP contribution in [0.3, 0.4) is 0 Å². The van der Waals surface area contributed by atoms with Crippen molar-refractivity contribution in [1.82, 2.24) is 14.5 Å². The standard InChI is InChI=1S/C12H17N5O3S/c1-16(2)9-8-10(15-11(13)14-9)17(12(19)21-8)7-4-3-6(5-18)20-7/h6-7,18H,3-5H2,1-2H3,(H2,13,14,15)/t6-,7+/m0/s1. The summed E-state index contributed by atoms with van der Waals surface area (Å²) >= 11 is 1.08. The van der Waals surface area contributed by atoms with Gasteiger partial charge in [0.05, 0.1) is 12.7 Å². The zero-order valence-corrected chi connectivity index (χ0v) is 12.6. The second kappa shape index (κ2) is 5.24. The third kappa shape index (κ3) is 2.37. The van der Waals surface area contributed by atoms with E-state index in [1.807, 2.05) is 14.1 Å². The number of nitrogens with zero attached hydrogens (tertiary/aromatic N) is 4. The van der Waals surface area contributed by atoms with E-state index in [1.165, 1.54) is 4.57 Å². The zero-order valence-electron chi connectivity index (χ0n) is 11.8. The van der Waals surface area contributed by atoms with Gasteiger partial charge in [0.2, 0.25) is 5.95 Å². The maximum absolute atomic E-state index is 12.3. The third-order valence-corrected chi connectivity index (χ3v) is 4.40. The van der Waals surface area contributed by atoms with Crippen LogP contribution in [0.2, 0.25) is 0 Å². The van der Waals surface area contributed by atoms with E-state index in [2.05, 4.69) is 9.97 Å². The first-order valence-electron chi connectivity index (χ1n) is 6.63. The highest BCUT2D eigenvalue weighted by molar-refractivity contribution is 7.17. The van der Waals surface area contributed by atoms with Gasteiger partial charge in [0.15, 0.2) is 11.5 Å². The van der Waals surface area contributed by atoms with Crippen LogP contribution in [-0.4, -0.2) is 46.4 Å². The summed E-state index contributed by atoms with van der Waals surface area (Å²) in [6, 6.07) is 0. The normalized spacial score (nSPS) is 22.0. The Balaban J connectivity index is 2.16. The maximum Gasteiger partial charge on any atom is 0.311 e. The maximum atomic E-state index is 12.3. The molecule has 9 heteroatoms. The van der Waals surface area contributed by atoms with Crippen molar-refractivity contribution in [2.24, 2.45) is 0 Å². The van der Waals surface area contributed by atoms with Crippen LogP contribution in [0.5, 0.6) is 0 Å². The van der Waals surface area contributed by atoms with Crippen LogP contribution in [0, 0.1) is 0 Å². The van der Waals surface area contributed by atoms with Crippen LogP contribution in [-0.2, 0) is 4.74 Å². The van der Waals surface area contributed by atoms with E-state index in [0.717, 1.165) is 11.3 Å². The lowest BCUT2D eigenvalue weighted by molar-refractivity contribution is -0.0214. The average Bonchev–Trinajstić information content (AvgIpc) is 3.00. The van der Waals surface area contributed by atoms with E-state index in [0.29, 0.717) is 29.0 Å². The molecule has 0 radical (unpaired) electrons. The van der Waals surface area contributed by atoms with Gasteiger partial charge < -0.3 is 20.5 Å². The lowest BCUT2D eigenvalue weighted by atomic mass is 10.2.